The fraction of sp³-hybridized carbons (Fsp3) is 0.500. The summed E-state index contributed by atoms with van der Waals surface area (Å²) in [6.45, 7) is 5.58. The SMILES string of the molecule is CC(=O)CNC(=O)C(Cc1ccccc1)CN1CCC2(c3cccc(O)c3)CCCC1C2C. The zero-order valence-electron chi connectivity index (χ0n) is 19.8. The highest BCUT2D eigenvalue weighted by Crippen LogP contribution is 2.51. The van der Waals surface area contributed by atoms with Gasteiger partial charge in [0.25, 0.3) is 0 Å². The van der Waals surface area contributed by atoms with Crippen molar-refractivity contribution in [2.45, 2.75) is 57.4 Å². The third kappa shape index (κ3) is 5.14. The van der Waals surface area contributed by atoms with Crippen molar-refractivity contribution in [3.63, 3.8) is 0 Å². The Hall–Kier alpha value is -2.66. The van der Waals surface area contributed by atoms with E-state index >= 15 is 0 Å². The van der Waals surface area contributed by atoms with Gasteiger partial charge in [-0.2, -0.15) is 0 Å². The maximum absolute atomic E-state index is 13.1. The number of nitrogens with one attached hydrogen (secondary N) is 1. The number of rotatable bonds is 8. The standard InChI is InChI=1S/C28H36N2O3/c1-20(31)18-29-27(33)23(16-22-8-4-3-5-9-22)19-30-15-14-28(13-7-12-26(30)21(28)2)24-10-6-11-25(32)17-24/h3-6,8-11,17,21,23,26,32H,7,12-16,18-19H2,1-2H3,(H,29,33). The third-order valence-corrected chi connectivity index (χ3v) is 7.97. The van der Waals surface area contributed by atoms with Gasteiger partial charge in [0.05, 0.1) is 12.5 Å². The van der Waals surface area contributed by atoms with E-state index in [0.29, 0.717) is 30.7 Å². The second-order valence-electron chi connectivity index (χ2n) is 10.0. The molecule has 1 saturated heterocycles. The van der Waals surface area contributed by atoms with Crippen molar-refractivity contribution in [2.75, 3.05) is 19.6 Å². The number of Topliss-reactive ketones (excluding diaryl/α,β-unsaturated/α-hetero) is 1. The molecule has 5 nitrogen and oxygen atoms in total. The summed E-state index contributed by atoms with van der Waals surface area (Å²) in [5.74, 6) is 0.510. The van der Waals surface area contributed by atoms with Crippen LogP contribution < -0.4 is 5.32 Å². The van der Waals surface area contributed by atoms with Crippen molar-refractivity contribution < 1.29 is 14.7 Å². The average molecular weight is 449 g/mol. The molecule has 2 N–H and O–H groups in total. The van der Waals surface area contributed by atoms with Crippen LogP contribution in [0.4, 0.5) is 0 Å². The van der Waals surface area contributed by atoms with E-state index in [2.05, 4.69) is 35.3 Å². The van der Waals surface area contributed by atoms with E-state index in [-0.39, 0.29) is 29.6 Å². The lowest BCUT2D eigenvalue weighted by Crippen LogP contribution is -2.59. The number of likely N-dealkylation sites (tertiary alicyclic amines) is 1. The Labute approximate surface area is 197 Å². The Morgan fingerprint density at radius 3 is 2.67 bits per heavy atom. The zero-order chi connectivity index (χ0) is 23.4. The van der Waals surface area contributed by atoms with Crippen molar-refractivity contribution >= 4 is 11.7 Å². The van der Waals surface area contributed by atoms with Gasteiger partial charge in [-0.15, -0.1) is 0 Å². The van der Waals surface area contributed by atoms with E-state index < -0.39 is 0 Å². The van der Waals surface area contributed by atoms with Crippen LogP contribution in [0.1, 0.15) is 50.7 Å². The number of benzene rings is 2. The zero-order valence-corrected chi connectivity index (χ0v) is 19.8. The summed E-state index contributed by atoms with van der Waals surface area (Å²) >= 11 is 0. The molecule has 2 aliphatic rings. The monoisotopic (exact) mass is 448 g/mol. The van der Waals surface area contributed by atoms with Gasteiger partial charge in [-0.3, -0.25) is 14.5 Å². The van der Waals surface area contributed by atoms with Gasteiger partial charge in [0, 0.05) is 18.0 Å². The first-order chi connectivity index (χ1) is 15.9. The number of ketones is 1. The predicted octanol–water partition coefficient (Wildman–Crippen LogP) is 4.09. The number of amides is 1. The number of nitrogens with zero attached hydrogens (tertiary/aromatic N) is 1. The largest absolute Gasteiger partial charge is 0.508 e. The third-order valence-electron chi connectivity index (χ3n) is 7.97. The Balaban J connectivity index is 1.53. The lowest BCUT2D eigenvalue weighted by atomic mass is 9.57. The van der Waals surface area contributed by atoms with E-state index in [1.807, 2.05) is 30.3 Å². The molecule has 4 unspecified atom stereocenters. The molecule has 1 amide bonds. The number of fused-ring (bicyclic) bond motifs is 2. The van der Waals surface area contributed by atoms with Gasteiger partial charge in [-0.05, 0) is 68.3 Å². The molecule has 4 atom stereocenters. The van der Waals surface area contributed by atoms with Crippen LogP contribution in [-0.2, 0) is 21.4 Å². The molecule has 2 aromatic rings. The molecular weight excluding hydrogens is 412 g/mol. The van der Waals surface area contributed by atoms with Gasteiger partial charge in [0.15, 0.2) is 0 Å². The molecule has 4 rings (SSSR count). The molecule has 2 fully saturated rings. The van der Waals surface area contributed by atoms with Gasteiger partial charge in [0.1, 0.15) is 11.5 Å². The summed E-state index contributed by atoms with van der Waals surface area (Å²) in [5, 5.41) is 13.0. The first-order valence-electron chi connectivity index (χ1n) is 12.2. The molecule has 1 saturated carbocycles. The Bertz CT molecular complexity index is 976. The number of carbonyl (C=O) groups is 2. The van der Waals surface area contributed by atoms with Gasteiger partial charge in [-0.25, -0.2) is 0 Å². The smallest absolute Gasteiger partial charge is 0.225 e. The molecule has 0 spiro atoms. The Morgan fingerprint density at radius 2 is 1.94 bits per heavy atom. The van der Waals surface area contributed by atoms with E-state index in [9.17, 15) is 14.7 Å². The minimum Gasteiger partial charge on any atom is -0.508 e. The maximum Gasteiger partial charge on any atom is 0.225 e. The highest BCUT2D eigenvalue weighted by Gasteiger charge is 2.49. The average Bonchev–Trinajstić information content (AvgIpc) is 2.79. The molecule has 1 aliphatic carbocycles. The Morgan fingerprint density at radius 1 is 1.15 bits per heavy atom. The van der Waals surface area contributed by atoms with Crippen LogP contribution in [0.5, 0.6) is 5.75 Å². The van der Waals surface area contributed by atoms with Crippen molar-refractivity contribution in [1.29, 1.82) is 0 Å². The molecule has 33 heavy (non-hydrogen) atoms. The molecule has 0 aromatic heterocycles. The number of phenolic OH excluding ortho intramolecular Hbond substituents is 1. The van der Waals surface area contributed by atoms with Gasteiger partial charge < -0.3 is 10.4 Å². The predicted molar refractivity (Wildman–Crippen MR) is 130 cm³/mol. The molecule has 1 heterocycles. The van der Waals surface area contributed by atoms with Gasteiger partial charge >= 0.3 is 0 Å². The number of carbonyl (C=O) groups excluding carboxylic acids is 2. The van der Waals surface area contributed by atoms with Crippen molar-refractivity contribution in [1.82, 2.24) is 10.2 Å². The van der Waals surface area contributed by atoms with Crippen molar-refractivity contribution in [3.05, 3.63) is 65.7 Å². The van der Waals surface area contributed by atoms with Crippen LogP contribution in [0, 0.1) is 11.8 Å². The second kappa shape index (κ2) is 10.1. The normalized spacial score (nSPS) is 25.9. The summed E-state index contributed by atoms with van der Waals surface area (Å²) in [5.41, 5.74) is 2.48. The van der Waals surface area contributed by atoms with Crippen LogP contribution >= 0.6 is 0 Å². The number of hydrogen-bond donors (Lipinski definition) is 2. The number of aromatic hydroxyl groups is 1. The quantitative estimate of drug-likeness (QED) is 0.638. The molecule has 1 aliphatic heterocycles. The van der Waals surface area contributed by atoms with E-state index in [4.69, 9.17) is 0 Å². The van der Waals surface area contributed by atoms with Crippen LogP contribution in [0.25, 0.3) is 0 Å². The van der Waals surface area contributed by atoms with E-state index in [1.165, 1.54) is 12.5 Å². The van der Waals surface area contributed by atoms with Gasteiger partial charge in [0.2, 0.25) is 5.91 Å². The van der Waals surface area contributed by atoms with Crippen molar-refractivity contribution in [2.24, 2.45) is 11.8 Å². The fourth-order valence-corrected chi connectivity index (χ4v) is 6.20. The topological polar surface area (TPSA) is 69.6 Å². The number of phenols is 1. The van der Waals surface area contributed by atoms with E-state index in [1.54, 1.807) is 6.07 Å². The fourth-order valence-electron chi connectivity index (χ4n) is 6.20. The lowest BCUT2D eigenvalue weighted by molar-refractivity contribution is -0.128. The minimum absolute atomic E-state index is 0.0309. The number of piperidine rings is 1. The molecule has 2 aromatic carbocycles. The highest BCUT2D eigenvalue weighted by molar-refractivity contribution is 5.85. The van der Waals surface area contributed by atoms with Crippen LogP contribution in [0.3, 0.4) is 0 Å². The summed E-state index contributed by atoms with van der Waals surface area (Å²) in [6, 6.07) is 18.4. The van der Waals surface area contributed by atoms with Crippen LogP contribution in [-0.4, -0.2) is 47.4 Å². The molecule has 0 radical (unpaired) electrons. The lowest BCUT2D eigenvalue weighted by Gasteiger charge is -2.56. The minimum atomic E-state index is -0.200. The molecule has 176 valence electrons. The van der Waals surface area contributed by atoms with Crippen molar-refractivity contribution in [3.8, 4) is 5.75 Å². The molecule has 2 bridgehead atoms. The highest BCUT2D eigenvalue weighted by atomic mass is 16.3. The Kier molecular flexibility index (Phi) is 7.18. The summed E-state index contributed by atoms with van der Waals surface area (Å²) in [6.07, 6.45) is 5.13. The van der Waals surface area contributed by atoms with E-state index in [0.717, 1.165) is 37.8 Å². The summed E-state index contributed by atoms with van der Waals surface area (Å²) in [4.78, 5) is 27.1. The van der Waals surface area contributed by atoms with Crippen LogP contribution in [0.2, 0.25) is 0 Å². The maximum atomic E-state index is 13.1. The molecular formula is C28H36N2O3. The summed E-state index contributed by atoms with van der Waals surface area (Å²) in [7, 11) is 0. The van der Waals surface area contributed by atoms with Gasteiger partial charge in [-0.1, -0.05) is 55.8 Å². The van der Waals surface area contributed by atoms with Crippen LogP contribution in [0.15, 0.2) is 54.6 Å². The second-order valence-corrected chi connectivity index (χ2v) is 10.0. The molecule has 5 heteroatoms. The first-order valence-corrected chi connectivity index (χ1v) is 12.2. The summed E-state index contributed by atoms with van der Waals surface area (Å²) < 4.78 is 0. The first kappa shape index (κ1) is 23.5. The number of hydrogen-bond acceptors (Lipinski definition) is 4.